The highest BCUT2D eigenvalue weighted by molar-refractivity contribution is 7.09. The Morgan fingerprint density at radius 1 is 1.36 bits per heavy atom. The van der Waals surface area contributed by atoms with Crippen molar-refractivity contribution < 1.29 is 4.74 Å². The molecule has 1 aliphatic rings. The van der Waals surface area contributed by atoms with Gasteiger partial charge in [0.25, 0.3) is 0 Å². The summed E-state index contributed by atoms with van der Waals surface area (Å²) in [4.78, 5) is 11.6. The van der Waals surface area contributed by atoms with Crippen molar-refractivity contribution in [1.82, 2.24) is 20.5 Å². The third-order valence-electron chi connectivity index (χ3n) is 3.47. The van der Waals surface area contributed by atoms with Crippen molar-refractivity contribution in [1.29, 1.82) is 0 Å². The third-order valence-corrected chi connectivity index (χ3v) is 4.51. The molecule has 1 fully saturated rings. The highest BCUT2D eigenvalue weighted by Gasteiger charge is 2.09. The molecule has 0 aliphatic carbocycles. The lowest BCUT2D eigenvalue weighted by Gasteiger charge is -2.26. The van der Waals surface area contributed by atoms with Crippen LogP contribution in [0, 0.1) is 0 Å². The predicted molar refractivity (Wildman–Crippen MR) is 91.6 cm³/mol. The van der Waals surface area contributed by atoms with Gasteiger partial charge in [-0.15, -0.1) is 11.3 Å². The van der Waals surface area contributed by atoms with Crippen LogP contribution in [-0.2, 0) is 17.7 Å². The molecule has 0 atom stereocenters. The fraction of sp³-hybridized carbons (Fsp3) is 0.733. The van der Waals surface area contributed by atoms with Gasteiger partial charge in [0.1, 0.15) is 0 Å². The van der Waals surface area contributed by atoms with Gasteiger partial charge >= 0.3 is 0 Å². The van der Waals surface area contributed by atoms with Crippen molar-refractivity contribution in [3.63, 3.8) is 0 Å². The SMILES string of the molecule is CCNC(=NCc1csc(CC)n1)NCCN1CCOCC1. The number of morpholine rings is 1. The molecule has 0 saturated carbocycles. The van der Waals surface area contributed by atoms with E-state index in [1.807, 2.05) is 0 Å². The average Bonchev–Trinajstić information content (AvgIpc) is 3.02. The first-order chi connectivity index (χ1) is 10.8. The molecule has 6 nitrogen and oxygen atoms in total. The fourth-order valence-electron chi connectivity index (χ4n) is 2.24. The van der Waals surface area contributed by atoms with Crippen LogP contribution in [0.1, 0.15) is 24.5 Å². The van der Waals surface area contributed by atoms with Crippen molar-refractivity contribution in [3.8, 4) is 0 Å². The van der Waals surface area contributed by atoms with E-state index in [4.69, 9.17) is 4.74 Å². The summed E-state index contributed by atoms with van der Waals surface area (Å²) in [5.41, 5.74) is 1.05. The van der Waals surface area contributed by atoms with Crippen molar-refractivity contribution in [2.75, 3.05) is 45.9 Å². The number of thiazole rings is 1. The minimum Gasteiger partial charge on any atom is -0.379 e. The number of rotatable bonds is 7. The Hall–Kier alpha value is -1.18. The van der Waals surface area contributed by atoms with Gasteiger partial charge in [-0.3, -0.25) is 4.90 Å². The first kappa shape index (κ1) is 17.2. The highest BCUT2D eigenvalue weighted by atomic mass is 32.1. The van der Waals surface area contributed by atoms with E-state index in [9.17, 15) is 0 Å². The van der Waals surface area contributed by atoms with Crippen LogP contribution in [0.15, 0.2) is 10.4 Å². The maximum absolute atomic E-state index is 5.36. The number of hydrogen-bond acceptors (Lipinski definition) is 5. The topological polar surface area (TPSA) is 61.8 Å². The summed E-state index contributed by atoms with van der Waals surface area (Å²) in [6, 6.07) is 0. The van der Waals surface area contributed by atoms with Crippen LogP contribution in [0.4, 0.5) is 0 Å². The molecular formula is C15H27N5OS. The number of nitrogens with one attached hydrogen (secondary N) is 2. The lowest BCUT2D eigenvalue weighted by atomic mass is 10.4. The van der Waals surface area contributed by atoms with Crippen molar-refractivity contribution in [3.05, 3.63) is 16.1 Å². The third kappa shape index (κ3) is 5.90. The molecule has 0 spiro atoms. The molecule has 0 radical (unpaired) electrons. The number of guanidine groups is 1. The number of aliphatic imine (C=N–C) groups is 1. The maximum Gasteiger partial charge on any atom is 0.191 e. The standard InChI is InChI=1S/C15H27N5OS/c1-3-14-19-13(12-22-14)11-18-15(16-4-2)17-5-6-20-7-9-21-10-8-20/h12H,3-11H2,1-2H3,(H2,16,17,18). The van der Waals surface area contributed by atoms with E-state index < -0.39 is 0 Å². The lowest BCUT2D eigenvalue weighted by Crippen LogP contribution is -2.44. The Balaban J connectivity index is 1.76. The zero-order valence-electron chi connectivity index (χ0n) is 13.6. The monoisotopic (exact) mass is 325 g/mol. The fourth-order valence-corrected chi connectivity index (χ4v) is 2.98. The van der Waals surface area contributed by atoms with Gasteiger partial charge in [-0.05, 0) is 13.3 Å². The second kappa shape index (κ2) is 9.76. The molecule has 2 N–H and O–H groups in total. The van der Waals surface area contributed by atoms with E-state index in [0.29, 0.717) is 6.54 Å². The van der Waals surface area contributed by atoms with Gasteiger partial charge in [0.2, 0.25) is 0 Å². The van der Waals surface area contributed by atoms with Gasteiger partial charge < -0.3 is 15.4 Å². The molecule has 124 valence electrons. The average molecular weight is 325 g/mol. The van der Waals surface area contributed by atoms with Gasteiger partial charge in [-0.1, -0.05) is 6.92 Å². The molecule has 1 aromatic heterocycles. The molecular weight excluding hydrogens is 298 g/mol. The number of aromatic nitrogens is 1. The van der Waals surface area contributed by atoms with E-state index in [0.717, 1.165) is 64.0 Å². The van der Waals surface area contributed by atoms with Crippen molar-refractivity contribution in [2.45, 2.75) is 26.8 Å². The smallest absolute Gasteiger partial charge is 0.191 e. The van der Waals surface area contributed by atoms with Gasteiger partial charge in [-0.2, -0.15) is 0 Å². The van der Waals surface area contributed by atoms with E-state index in [1.165, 1.54) is 5.01 Å². The second-order valence-corrected chi connectivity index (χ2v) is 6.10. The summed E-state index contributed by atoms with van der Waals surface area (Å²) >= 11 is 1.71. The van der Waals surface area contributed by atoms with Crippen molar-refractivity contribution >= 4 is 17.3 Å². The van der Waals surface area contributed by atoms with Crippen LogP contribution in [-0.4, -0.2) is 61.8 Å². The zero-order chi connectivity index (χ0) is 15.6. The highest BCUT2D eigenvalue weighted by Crippen LogP contribution is 2.10. The Morgan fingerprint density at radius 3 is 2.86 bits per heavy atom. The van der Waals surface area contributed by atoms with Crippen LogP contribution < -0.4 is 10.6 Å². The number of hydrogen-bond donors (Lipinski definition) is 2. The summed E-state index contributed by atoms with van der Waals surface area (Å²) in [6.45, 7) is 11.3. The quantitative estimate of drug-likeness (QED) is 0.580. The Morgan fingerprint density at radius 2 is 2.18 bits per heavy atom. The number of ether oxygens (including phenoxy) is 1. The van der Waals surface area contributed by atoms with E-state index in [1.54, 1.807) is 11.3 Å². The molecule has 22 heavy (non-hydrogen) atoms. The molecule has 0 aromatic carbocycles. The molecule has 1 saturated heterocycles. The lowest BCUT2D eigenvalue weighted by molar-refractivity contribution is 0.0389. The normalized spacial score (nSPS) is 16.7. The maximum atomic E-state index is 5.36. The van der Waals surface area contributed by atoms with Crippen LogP contribution in [0.5, 0.6) is 0 Å². The minimum atomic E-state index is 0.628. The van der Waals surface area contributed by atoms with Gasteiger partial charge in [0.15, 0.2) is 5.96 Å². The molecule has 0 unspecified atom stereocenters. The summed E-state index contributed by atoms with van der Waals surface area (Å²) in [7, 11) is 0. The summed E-state index contributed by atoms with van der Waals surface area (Å²) < 4.78 is 5.36. The van der Waals surface area contributed by atoms with E-state index in [2.05, 4.69) is 44.7 Å². The summed E-state index contributed by atoms with van der Waals surface area (Å²) in [6.07, 6.45) is 0.992. The van der Waals surface area contributed by atoms with Gasteiger partial charge in [0.05, 0.1) is 30.5 Å². The molecule has 1 aliphatic heterocycles. The van der Waals surface area contributed by atoms with Crippen LogP contribution >= 0.6 is 11.3 Å². The van der Waals surface area contributed by atoms with Gasteiger partial charge in [-0.25, -0.2) is 9.98 Å². The summed E-state index contributed by atoms with van der Waals surface area (Å²) in [5, 5.41) is 9.95. The first-order valence-electron chi connectivity index (χ1n) is 8.07. The molecule has 1 aromatic rings. The largest absolute Gasteiger partial charge is 0.379 e. The van der Waals surface area contributed by atoms with E-state index in [-0.39, 0.29) is 0 Å². The van der Waals surface area contributed by atoms with Crippen LogP contribution in [0.25, 0.3) is 0 Å². The van der Waals surface area contributed by atoms with Crippen LogP contribution in [0.2, 0.25) is 0 Å². The predicted octanol–water partition coefficient (Wildman–Crippen LogP) is 1.09. The van der Waals surface area contributed by atoms with E-state index >= 15 is 0 Å². The number of nitrogens with zero attached hydrogens (tertiary/aromatic N) is 3. The Bertz CT molecular complexity index is 457. The Kier molecular flexibility index (Phi) is 7.62. The molecule has 2 rings (SSSR count). The number of aryl methyl sites for hydroxylation is 1. The zero-order valence-corrected chi connectivity index (χ0v) is 14.4. The minimum absolute atomic E-state index is 0.628. The van der Waals surface area contributed by atoms with Crippen LogP contribution in [0.3, 0.4) is 0 Å². The Labute approximate surface area is 137 Å². The second-order valence-electron chi connectivity index (χ2n) is 5.16. The molecule has 2 heterocycles. The molecule has 7 heteroatoms. The van der Waals surface area contributed by atoms with Crippen molar-refractivity contribution in [2.24, 2.45) is 4.99 Å². The van der Waals surface area contributed by atoms with Gasteiger partial charge in [0, 0.05) is 38.1 Å². The molecule has 0 bridgehead atoms. The molecule has 0 amide bonds. The summed E-state index contributed by atoms with van der Waals surface area (Å²) in [5.74, 6) is 0.863. The first-order valence-corrected chi connectivity index (χ1v) is 8.95.